The summed E-state index contributed by atoms with van der Waals surface area (Å²) in [4.78, 5) is 11.1. The third-order valence-corrected chi connectivity index (χ3v) is 3.09. The number of hydrogen-bond donors (Lipinski definition) is 2. The Balaban J connectivity index is 2.66. The number of likely N-dealkylation sites (N-methyl/N-ethyl adjacent to an activating group) is 1. The van der Waals surface area contributed by atoms with Gasteiger partial charge in [-0.3, -0.25) is 4.79 Å². The summed E-state index contributed by atoms with van der Waals surface area (Å²) in [6, 6.07) is 5.86. The van der Waals surface area contributed by atoms with Crippen LogP contribution in [0.5, 0.6) is 5.75 Å². The second-order valence-electron chi connectivity index (χ2n) is 4.33. The van der Waals surface area contributed by atoms with Crippen molar-refractivity contribution in [2.45, 2.75) is 26.3 Å². The molecule has 0 fully saturated rings. The van der Waals surface area contributed by atoms with Gasteiger partial charge in [0.25, 0.3) is 5.91 Å². The molecule has 0 aliphatic heterocycles. The maximum Gasteiger partial charge on any atom is 0.257 e. The van der Waals surface area contributed by atoms with Crippen molar-refractivity contribution in [1.29, 1.82) is 0 Å². The van der Waals surface area contributed by atoms with Crippen LogP contribution in [0.15, 0.2) is 18.2 Å². The normalized spacial score (nSPS) is 12.0. The van der Waals surface area contributed by atoms with Gasteiger partial charge < -0.3 is 15.4 Å². The van der Waals surface area contributed by atoms with E-state index in [-0.39, 0.29) is 18.6 Å². The Labute approximate surface area is 119 Å². The zero-order valence-electron chi connectivity index (χ0n) is 11.6. The summed E-state index contributed by atoms with van der Waals surface area (Å²) in [6.07, 6.45) is 1.09. The lowest BCUT2D eigenvalue weighted by molar-refractivity contribution is -0.122. The molecule has 5 heteroatoms. The van der Waals surface area contributed by atoms with Gasteiger partial charge >= 0.3 is 0 Å². The van der Waals surface area contributed by atoms with Crippen molar-refractivity contribution in [1.82, 2.24) is 10.6 Å². The van der Waals surface area contributed by atoms with Gasteiger partial charge in [0.15, 0.2) is 6.61 Å². The van der Waals surface area contributed by atoms with E-state index in [1.165, 1.54) is 0 Å². The molecule has 19 heavy (non-hydrogen) atoms. The van der Waals surface area contributed by atoms with E-state index < -0.39 is 0 Å². The van der Waals surface area contributed by atoms with Crippen molar-refractivity contribution >= 4 is 17.5 Å². The number of nitrogens with one attached hydrogen (secondary N) is 2. The Morgan fingerprint density at radius 3 is 2.79 bits per heavy atom. The molecule has 4 nitrogen and oxygen atoms in total. The second kappa shape index (κ2) is 8.02. The first kappa shape index (κ1) is 15.8. The molecule has 0 bridgehead atoms. The average Bonchev–Trinajstić information content (AvgIpc) is 2.42. The maximum absolute atomic E-state index is 11.1. The van der Waals surface area contributed by atoms with Gasteiger partial charge in [-0.25, -0.2) is 0 Å². The zero-order valence-corrected chi connectivity index (χ0v) is 12.4. The molecule has 0 heterocycles. The molecule has 1 rings (SSSR count). The number of carbonyl (C=O) groups excluding carboxylic acids is 1. The van der Waals surface area contributed by atoms with Crippen LogP contribution < -0.4 is 15.4 Å². The molecule has 106 valence electrons. The van der Waals surface area contributed by atoms with Gasteiger partial charge in [-0.15, -0.1) is 0 Å². The van der Waals surface area contributed by atoms with Gasteiger partial charge in [0.1, 0.15) is 5.75 Å². The summed E-state index contributed by atoms with van der Waals surface area (Å²) in [6.45, 7) is 5.15. The fourth-order valence-corrected chi connectivity index (χ4v) is 1.84. The number of amides is 1. The number of benzene rings is 1. The third kappa shape index (κ3) is 5.09. The van der Waals surface area contributed by atoms with Crippen LogP contribution in [0.25, 0.3) is 0 Å². The highest BCUT2D eigenvalue weighted by molar-refractivity contribution is 6.32. The lowest BCUT2D eigenvalue weighted by Gasteiger charge is -2.15. The van der Waals surface area contributed by atoms with E-state index in [4.69, 9.17) is 16.3 Å². The van der Waals surface area contributed by atoms with Crippen molar-refractivity contribution in [3.8, 4) is 5.75 Å². The number of halogens is 1. The standard InChI is InChI=1S/C14H21ClN2O2/c1-4-7-17-10(2)11-5-6-13(12(15)8-11)19-9-14(18)16-3/h5-6,8,10,17H,4,7,9H2,1-3H3,(H,16,18). The second-order valence-corrected chi connectivity index (χ2v) is 4.73. The number of rotatable bonds is 7. The Kier molecular flexibility index (Phi) is 6.67. The van der Waals surface area contributed by atoms with Crippen molar-refractivity contribution in [3.05, 3.63) is 28.8 Å². The monoisotopic (exact) mass is 284 g/mol. The quantitative estimate of drug-likeness (QED) is 0.809. The molecule has 0 aromatic heterocycles. The van der Waals surface area contributed by atoms with Gasteiger partial charge in [0, 0.05) is 13.1 Å². The van der Waals surface area contributed by atoms with Gasteiger partial charge in [0.2, 0.25) is 0 Å². The summed E-state index contributed by atoms with van der Waals surface area (Å²) >= 11 is 6.15. The summed E-state index contributed by atoms with van der Waals surface area (Å²) < 4.78 is 5.34. The first-order valence-electron chi connectivity index (χ1n) is 6.44. The lowest BCUT2D eigenvalue weighted by atomic mass is 10.1. The minimum absolute atomic E-state index is 0.0286. The van der Waals surface area contributed by atoms with E-state index >= 15 is 0 Å². The van der Waals surface area contributed by atoms with Gasteiger partial charge in [-0.2, -0.15) is 0 Å². The molecule has 0 aliphatic rings. The van der Waals surface area contributed by atoms with Crippen LogP contribution in [0.2, 0.25) is 5.02 Å². The van der Waals surface area contributed by atoms with Crippen LogP contribution in [0, 0.1) is 0 Å². The van der Waals surface area contributed by atoms with Crippen molar-refractivity contribution in [2.75, 3.05) is 20.2 Å². The predicted octanol–water partition coefficient (Wildman–Crippen LogP) is 2.53. The highest BCUT2D eigenvalue weighted by atomic mass is 35.5. The van der Waals surface area contributed by atoms with E-state index in [9.17, 15) is 4.79 Å². The fraction of sp³-hybridized carbons (Fsp3) is 0.500. The first-order chi connectivity index (χ1) is 9.08. The van der Waals surface area contributed by atoms with Crippen LogP contribution >= 0.6 is 11.6 Å². The minimum atomic E-state index is -0.182. The molecular weight excluding hydrogens is 264 g/mol. The number of carbonyl (C=O) groups is 1. The molecule has 0 radical (unpaired) electrons. The first-order valence-corrected chi connectivity index (χ1v) is 6.82. The molecule has 0 saturated carbocycles. The summed E-state index contributed by atoms with van der Waals surface area (Å²) in [7, 11) is 1.57. The topological polar surface area (TPSA) is 50.4 Å². The highest BCUT2D eigenvalue weighted by Crippen LogP contribution is 2.27. The predicted molar refractivity (Wildman–Crippen MR) is 77.7 cm³/mol. The highest BCUT2D eigenvalue weighted by Gasteiger charge is 2.09. The number of ether oxygens (including phenoxy) is 1. The van der Waals surface area contributed by atoms with Crippen molar-refractivity contribution < 1.29 is 9.53 Å². The SMILES string of the molecule is CCCNC(C)c1ccc(OCC(=O)NC)c(Cl)c1. The van der Waals surface area contributed by atoms with Gasteiger partial charge in [-0.1, -0.05) is 24.6 Å². The van der Waals surface area contributed by atoms with Gasteiger partial charge in [-0.05, 0) is 37.6 Å². The van der Waals surface area contributed by atoms with Crippen molar-refractivity contribution in [2.24, 2.45) is 0 Å². The number of hydrogen-bond acceptors (Lipinski definition) is 3. The Morgan fingerprint density at radius 2 is 2.21 bits per heavy atom. The summed E-state index contributed by atoms with van der Waals surface area (Å²) in [5.74, 6) is 0.342. The molecule has 0 saturated heterocycles. The largest absolute Gasteiger partial charge is 0.482 e. The molecule has 1 atom stereocenters. The van der Waals surface area contributed by atoms with Gasteiger partial charge in [0.05, 0.1) is 5.02 Å². The fourth-order valence-electron chi connectivity index (χ4n) is 1.60. The van der Waals surface area contributed by atoms with E-state index in [0.717, 1.165) is 18.5 Å². The van der Waals surface area contributed by atoms with Crippen LogP contribution in [-0.4, -0.2) is 26.1 Å². The average molecular weight is 285 g/mol. The smallest absolute Gasteiger partial charge is 0.257 e. The van der Waals surface area contributed by atoms with Crippen LogP contribution in [0.4, 0.5) is 0 Å². The molecule has 0 spiro atoms. The van der Waals surface area contributed by atoms with Crippen LogP contribution in [0.3, 0.4) is 0 Å². The van der Waals surface area contributed by atoms with E-state index in [1.807, 2.05) is 12.1 Å². The minimum Gasteiger partial charge on any atom is -0.482 e. The zero-order chi connectivity index (χ0) is 14.3. The summed E-state index contributed by atoms with van der Waals surface area (Å²) in [5, 5.41) is 6.40. The molecule has 1 aromatic carbocycles. The molecule has 0 aliphatic carbocycles. The van der Waals surface area contributed by atoms with Crippen LogP contribution in [0.1, 0.15) is 31.9 Å². The van der Waals surface area contributed by atoms with E-state index in [0.29, 0.717) is 10.8 Å². The van der Waals surface area contributed by atoms with E-state index in [1.54, 1.807) is 13.1 Å². The lowest BCUT2D eigenvalue weighted by Crippen LogP contribution is -2.25. The third-order valence-electron chi connectivity index (χ3n) is 2.79. The van der Waals surface area contributed by atoms with Crippen molar-refractivity contribution in [3.63, 3.8) is 0 Å². The molecule has 1 unspecified atom stereocenters. The summed E-state index contributed by atoms with van der Waals surface area (Å²) in [5.41, 5.74) is 1.10. The molecule has 2 N–H and O–H groups in total. The van der Waals surface area contributed by atoms with Crippen LogP contribution in [-0.2, 0) is 4.79 Å². The Bertz CT molecular complexity index is 424. The molecule has 1 aromatic rings. The Morgan fingerprint density at radius 1 is 1.47 bits per heavy atom. The Hall–Kier alpha value is -1.26. The molecular formula is C14H21ClN2O2. The molecule has 1 amide bonds. The van der Waals surface area contributed by atoms with E-state index in [2.05, 4.69) is 24.5 Å². The maximum atomic E-state index is 11.1.